The second kappa shape index (κ2) is 10.6. The lowest BCUT2D eigenvalue weighted by Crippen LogP contribution is -2.19. The highest BCUT2D eigenvalue weighted by Gasteiger charge is 2.22. The van der Waals surface area contributed by atoms with Crippen molar-refractivity contribution in [3.63, 3.8) is 0 Å². The number of benzene rings is 3. The summed E-state index contributed by atoms with van der Waals surface area (Å²) in [5.74, 6) is 7.32. The Bertz CT molecular complexity index is 1720. The average molecular weight is 519 g/mol. The summed E-state index contributed by atoms with van der Waals surface area (Å²) in [6.45, 7) is 2.89. The summed E-state index contributed by atoms with van der Waals surface area (Å²) >= 11 is 0. The summed E-state index contributed by atoms with van der Waals surface area (Å²) in [6.07, 6.45) is 3.47. The lowest BCUT2D eigenvalue weighted by molar-refractivity contribution is 0.261. The van der Waals surface area contributed by atoms with Gasteiger partial charge in [-0.1, -0.05) is 17.9 Å². The smallest absolute Gasteiger partial charge is 0.226 e. The van der Waals surface area contributed by atoms with Crippen molar-refractivity contribution in [3.8, 4) is 28.8 Å². The van der Waals surface area contributed by atoms with Crippen LogP contribution in [0.1, 0.15) is 22.3 Å². The van der Waals surface area contributed by atoms with Gasteiger partial charge in [0.05, 0.1) is 17.4 Å². The average Bonchev–Trinajstić information content (AvgIpc) is 3.58. The molecule has 5 aromatic rings. The zero-order valence-corrected chi connectivity index (χ0v) is 21.8. The highest BCUT2D eigenvalue weighted by Crippen LogP contribution is 2.30. The van der Waals surface area contributed by atoms with E-state index in [2.05, 4.69) is 49.0 Å². The van der Waals surface area contributed by atoms with Crippen LogP contribution in [0, 0.1) is 17.7 Å². The topological polar surface area (TPSA) is 70.2 Å². The number of rotatable bonds is 6. The van der Waals surface area contributed by atoms with Crippen molar-refractivity contribution in [2.45, 2.75) is 13.1 Å². The van der Waals surface area contributed by atoms with E-state index in [1.54, 1.807) is 18.5 Å². The molecule has 0 unspecified atom stereocenters. The van der Waals surface area contributed by atoms with Crippen LogP contribution in [0.3, 0.4) is 0 Å². The molecule has 0 fully saturated rings. The van der Waals surface area contributed by atoms with Crippen LogP contribution in [0.2, 0.25) is 0 Å². The largest absolute Gasteiger partial charge is 0.492 e. The normalized spacial score (nSPS) is 12.5. The van der Waals surface area contributed by atoms with Gasteiger partial charge in [-0.15, -0.1) is 0 Å². The molecule has 3 heterocycles. The van der Waals surface area contributed by atoms with Gasteiger partial charge in [0.1, 0.15) is 18.2 Å². The Labute approximate surface area is 226 Å². The molecule has 0 aliphatic carbocycles. The van der Waals surface area contributed by atoms with Gasteiger partial charge in [0.25, 0.3) is 0 Å². The van der Waals surface area contributed by atoms with Crippen molar-refractivity contribution in [2.75, 3.05) is 32.1 Å². The highest BCUT2D eigenvalue weighted by molar-refractivity contribution is 5.79. The summed E-state index contributed by atoms with van der Waals surface area (Å²) in [5.41, 5.74) is 6.08. The van der Waals surface area contributed by atoms with Gasteiger partial charge in [0.2, 0.25) is 5.95 Å². The van der Waals surface area contributed by atoms with Crippen LogP contribution in [0.15, 0.2) is 73.1 Å². The molecule has 0 radical (unpaired) electrons. The van der Waals surface area contributed by atoms with E-state index in [4.69, 9.17) is 9.72 Å². The fourth-order valence-electron chi connectivity index (χ4n) is 4.58. The maximum absolute atomic E-state index is 14.6. The predicted molar refractivity (Wildman–Crippen MR) is 150 cm³/mol. The van der Waals surface area contributed by atoms with Gasteiger partial charge in [-0.3, -0.25) is 5.10 Å². The molecule has 0 saturated heterocycles. The molecular formula is C31H27FN6O. The van der Waals surface area contributed by atoms with E-state index in [0.717, 1.165) is 28.8 Å². The van der Waals surface area contributed by atoms with Crippen LogP contribution in [-0.2, 0) is 13.1 Å². The summed E-state index contributed by atoms with van der Waals surface area (Å²) in [4.78, 5) is 13.5. The summed E-state index contributed by atoms with van der Waals surface area (Å²) < 4.78 is 20.5. The molecule has 1 N–H and O–H groups in total. The number of anilines is 1. The molecule has 0 spiro atoms. The van der Waals surface area contributed by atoms with Gasteiger partial charge in [-0.2, -0.15) is 5.10 Å². The van der Waals surface area contributed by atoms with E-state index < -0.39 is 0 Å². The molecular weight excluding hydrogens is 491 g/mol. The SMILES string of the molecule is CN(C)CCOc1ccc2c(c1)CN(c1nccc(-c3cc(F)cc(C#Cc4ccc5[nH]ncc5c4)c3)n1)C2. The van der Waals surface area contributed by atoms with Crippen LogP contribution in [0.25, 0.3) is 22.2 Å². The van der Waals surface area contributed by atoms with Gasteiger partial charge in [-0.05, 0) is 79.8 Å². The van der Waals surface area contributed by atoms with E-state index in [9.17, 15) is 4.39 Å². The number of hydrogen-bond donors (Lipinski definition) is 1. The van der Waals surface area contributed by atoms with Gasteiger partial charge in [-0.25, -0.2) is 14.4 Å². The van der Waals surface area contributed by atoms with Crippen molar-refractivity contribution in [1.82, 2.24) is 25.1 Å². The number of aromatic amines is 1. The van der Waals surface area contributed by atoms with E-state index in [1.165, 1.54) is 23.3 Å². The molecule has 0 bridgehead atoms. The van der Waals surface area contributed by atoms with Crippen molar-refractivity contribution in [2.24, 2.45) is 0 Å². The number of fused-ring (bicyclic) bond motifs is 2. The van der Waals surface area contributed by atoms with E-state index in [1.807, 2.05) is 44.4 Å². The van der Waals surface area contributed by atoms with Crippen LogP contribution in [0.5, 0.6) is 5.75 Å². The Kier molecular flexibility index (Phi) is 6.66. The van der Waals surface area contributed by atoms with Crippen molar-refractivity contribution in [3.05, 3.63) is 101 Å². The molecule has 39 heavy (non-hydrogen) atoms. The van der Waals surface area contributed by atoms with Gasteiger partial charge >= 0.3 is 0 Å². The van der Waals surface area contributed by atoms with Crippen molar-refractivity contribution in [1.29, 1.82) is 0 Å². The minimum atomic E-state index is -0.363. The van der Waals surface area contributed by atoms with Crippen molar-refractivity contribution < 1.29 is 9.13 Å². The third-order valence-electron chi connectivity index (χ3n) is 6.62. The van der Waals surface area contributed by atoms with E-state index >= 15 is 0 Å². The van der Waals surface area contributed by atoms with Gasteiger partial charge in [0.15, 0.2) is 0 Å². The number of halogens is 1. The summed E-state index contributed by atoms with van der Waals surface area (Å²) in [7, 11) is 4.05. The Morgan fingerprint density at radius 1 is 0.974 bits per heavy atom. The quantitative estimate of drug-likeness (QED) is 0.319. The Morgan fingerprint density at radius 2 is 1.85 bits per heavy atom. The molecule has 0 saturated carbocycles. The van der Waals surface area contributed by atoms with Crippen LogP contribution >= 0.6 is 0 Å². The number of ether oxygens (including phenoxy) is 1. The molecule has 7 nitrogen and oxygen atoms in total. The van der Waals surface area contributed by atoms with E-state index in [-0.39, 0.29) is 5.82 Å². The molecule has 1 aliphatic rings. The number of nitrogens with one attached hydrogen (secondary N) is 1. The van der Waals surface area contributed by atoms with Crippen LogP contribution < -0.4 is 9.64 Å². The number of nitrogens with zero attached hydrogens (tertiary/aromatic N) is 5. The lowest BCUT2D eigenvalue weighted by atomic mass is 10.1. The number of aromatic nitrogens is 4. The Hall–Kier alpha value is -4.74. The molecule has 6 rings (SSSR count). The minimum Gasteiger partial charge on any atom is -0.492 e. The molecule has 2 aromatic heterocycles. The first kappa shape index (κ1) is 24.6. The predicted octanol–water partition coefficient (Wildman–Crippen LogP) is 5.02. The molecule has 8 heteroatoms. The second-order valence-corrected chi connectivity index (χ2v) is 9.83. The lowest BCUT2D eigenvalue weighted by Gasteiger charge is -2.16. The molecule has 1 aliphatic heterocycles. The zero-order chi connectivity index (χ0) is 26.8. The fourth-order valence-corrected chi connectivity index (χ4v) is 4.58. The third kappa shape index (κ3) is 5.59. The first-order valence-corrected chi connectivity index (χ1v) is 12.7. The second-order valence-electron chi connectivity index (χ2n) is 9.83. The van der Waals surface area contributed by atoms with Gasteiger partial charge in [0, 0.05) is 47.9 Å². The standard InChI is InChI=1S/C31H27FN6O/c1-37(2)11-12-39-28-7-6-23-19-38(20-26(23)17-28)31-33-10-9-29(35-31)24-14-22(15-27(32)16-24)4-3-21-5-8-30-25(13-21)18-34-36-30/h5-10,13-18H,11-12,19-20H2,1-2H3,(H,34,36). The Morgan fingerprint density at radius 3 is 2.74 bits per heavy atom. The van der Waals surface area contributed by atoms with Crippen LogP contribution in [-0.4, -0.2) is 52.3 Å². The number of likely N-dealkylation sites (N-methyl/N-ethyl adjacent to an activating group) is 1. The number of H-pyrrole nitrogens is 1. The fraction of sp³-hybridized carbons (Fsp3) is 0.194. The van der Waals surface area contributed by atoms with Crippen molar-refractivity contribution >= 4 is 16.9 Å². The first-order valence-electron chi connectivity index (χ1n) is 12.7. The molecule has 0 atom stereocenters. The summed E-state index contributed by atoms with van der Waals surface area (Å²) in [6, 6.07) is 18.6. The molecule has 194 valence electrons. The maximum Gasteiger partial charge on any atom is 0.226 e. The Balaban J connectivity index is 1.20. The number of hydrogen-bond acceptors (Lipinski definition) is 6. The molecule has 0 amide bonds. The monoisotopic (exact) mass is 518 g/mol. The zero-order valence-electron chi connectivity index (χ0n) is 21.8. The highest BCUT2D eigenvalue weighted by atomic mass is 19.1. The summed E-state index contributed by atoms with van der Waals surface area (Å²) in [5, 5.41) is 7.94. The third-order valence-corrected chi connectivity index (χ3v) is 6.62. The van der Waals surface area contributed by atoms with Gasteiger partial charge < -0.3 is 14.5 Å². The van der Waals surface area contributed by atoms with Crippen LogP contribution in [0.4, 0.5) is 10.3 Å². The first-order chi connectivity index (χ1) is 19.0. The molecule has 3 aromatic carbocycles. The van der Waals surface area contributed by atoms with E-state index in [0.29, 0.717) is 42.5 Å². The maximum atomic E-state index is 14.6. The minimum absolute atomic E-state index is 0.363.